The molecule has 4 nitrogen and oxygen atoms in total. The number of nitrogens with zero attached hydrogens (tertiary/aromatic N) is 3. The van der Waals surface area contributed by atoms with Crippen molar-refractivity contribution >= 4 is 27.5 Å². The Morgan fingerprint density at radius 3 is 2.89 bits per heavy atom. The number of halogens is 1. The molecule has 0 radical (unpaired) electrons. The predicted molar refractivity (Wildman–Crippen MR) is 70.0 cm³/mol. The Hall–Kier alpha value is -1.95. The highest BCUT2D eigenvalue weighted by molar-refractivity contribution is 7.13. The van der Waals surface area contributed by atoms with Crippen LogP contribution in [-0.2, 0) is 13.5 Å². The Kier molecular flexibility index (Phi) is 2.52. The summed E-state index contributed by atoms with van der Waals surface area (Å²) >= 11 is 1.40. The third-order valence-corrected chi connectivity index (χ3v) is 3.59. The minimum atomic E-state index is -0.299. The molecule has 0 fully saturated rings. The average molecular weight is 262 g/mol. The number of anilines is 1. The highest BCUT2D eigenvalue weighted by Gasteiger charge is 2.12. The van der Waals surface area contributed by atoms with E-state index in [2.05, 4.69) is 9.97 Å². The van der Waals surface area contributed by atoms with Crippen molar-refractivity contribution in [2.45, 2.75) is 6.42 Å². The molecule has 0 saturated heterocycles. The first-order chi connectivity index (χ1) is 8.65. The minimum Gasteiger partial charge on any atom is -0.375 e. The zero-order chi connectivity index (χ0) is 12.7. The quantitative estimate of drug-likeness (QED) is 0.771. The average Bonchev–Trinajstić information content (AvgIpc) is 2.88. The second-order valence-corrected chi connectivity index (χ2v) is 4.94. The molecule has 0 aliphatic heterocycles. The predicted octanol–water partition coefficient (Wildman–Crippen LogP) is 2.34. The smallest absolute Gasteiger partial charge is 0.180 e. The van der Waals surface area contributed by atoms with Crippen molar-refractivity contribution in [1.82, 2.24) is 14.5 Å². The molecule has 0 saturated carbocycles. The number of nitrogens with two attached hydrogens (primary N) is 1. The maximum Gasteiger partial charge on any atom is 0.180 e. The number of para-hydroxylation sites is 1. The van der Waals surface area contributed by atoms with Crippen LogP contribution in [0.4, 0.5) is 9.52 Å². The number of fused-ring (bicyclic) bond motifs is 1. The van der Waals surface area contributed by atoms with E-state index in [4.69, 9.17) is 5.73 Å². The van der Waals surface area contributed by atoms with Crippen LogP contribution < -0.4 is 5.73 Å². The van der Waals surface area contributed by atoms with Crippen LogP contribution in [0.3, 0.4) is 0 Å². The first-order valence-electron chi connectivity index (χ1n) is 5.45. The maximum absolute atomic E-state index is 13.6. The third kappa shape index (κ3) is 1.74. The number of aromatic nitrogens is 3. The Morgan fingerprint density at radius 2 is 2.22 bits per heavy atom. The van der Waals surface area contributed by atoms with E-state index in [1.807, 2.05) is 23.1 Å². The lowest BCUT2D eigenvalue weighted by atomic mass is 10.3. The van der Waals surface area contributed by atoms with Gasteiger partial charge in [0.25, 0.3) is 0 Å². The summed E-state index contributed by atoms with van der Waals surface area (Å²) in [5.74, 6) is 0.479. The lowest BCUT2D eigenvalue weighted by Crippen LogP contribution is -1.99. The van der Waals surface area contributed by atoms with Gasteiger partial charge in [0, 0.05) is 18.8 Å². The van der Waals surface area contributed by atoms with E-state index in [1.54, 1.807) is 6.07 Å². The van der Waals surface area contributed by atoms with Crippen LogP contribution in [0.25, 0.3) is 11.0 Å². The van der Waals surface area contributed by atoms with Gasteiger partial charge in [-0.25, -0.2) is 14.4 Å². The molecular weight excluding hydrogens is 251 g/mol. The molecule has 0 spiro atoms. The zero-order valence-corrected chi connectivity index (χ0v) is 10.5. The minimum absolute atomic E-state index is 0.299. The van der Waals surface area contributed by atoms with E-state index >= 15 is 0 Å². The fraction of sp³-hybridized carbons (Fsp3) is 0.167. The number of benzene rings is 1. The van der Waals surface area contributed by atoms with Crippen LogP contribution in [-0.4, -0.2) is 14.5 Å². The summed E-state index contributed by atoms with van der Waals surface area (Å²) in [6, 6.07) is 4.95. The molecule has 18 heavy (non-hydrogen) atoms. The highest BCUT2D eigenvalue weighted by atomic mass is 32.1. The van der Waals surface area contributed by atoms with Crippen molar-refractivity contribution in [2.24, 2.45) is 7.05 Å². The van der Waals surface area contributed by atoms with Gasteiger partial charge in [0.15, 0.2) is 10.9 Å². The standard InChI is InChI=1S/C12H11FN4S/c1-17-9-4-2-3-8(13)11(9)16-10(17)5-7-6-18-12(14)15-7/h2-4,6H,5H2,1H3,(H2,14,15). The molecule has 0 unspecified atom stereocenters. The van der Waals surface area contributed by atoms with Crippen LogP contribution in [0.1, 0.15) is 11.5 Å². The largest absolute Gasteiger partial charge is 0.375 e. The zero-order valence-electron chi connectivity index (χ0n) is 9.72. The highest BCUT2D eigenvalue weighted by Crippen LogP contribution is 2.20. The van der Waals surface area contributed by atoms with E-state index in [-0.39, 0.29) is 5.82 Å². The summed E-state index contributed by atoms with van der Waals surface area (Å²) in [5.41, 5.74) is 7.63. The molecule has 0 atom stereocenters. The molecule has 0 bridgehead atoms. The summed E-state index contributed by atoms with van der Waals surface area (Å²) in [6.45, 7) is 0. The van der Waals surface area contributed by atoms with Crippen LogP contribution >= 0.6 is 11.3 Å². The maximum atomic E-state index is 13.6. The topological polar surface area (TPSA) is 56.7 Å². The van der Waals surface area contributed by atoms with E-state index in [1.165, 1.54) is 17.4 Å². The third-order valence-electron chi connectivity index (χ3n) is 2.86. The Balaban J connectivity index is 2.07. The molecule has 6 heteroatoms. The van der Waals surface area contributed by atoms with Gasteiger partial charge in [0.2, 0.25) is 0 Å². The van der Waals surface area contributed by atoms with Gasteiger partial charge in [0.1, 0.15) is 11.3 Å². The molecule has 2 N–H and O–H groups in total. The second kappa shape index (κ2) is 4.06. The second-order valence-electron chi connectivity index (χ2n) is 4.05. The van der Waals surface area contributed by atoms with Crippen LogP contribution in [0.5, 0.6) is 0 Å². The normalized spacial score (nSPS) is 11.2. The van der Waals surface area contributed by atoms with Crippen LogP contribution in [0.15, 0.2) is 23.6 Å². The molecule has 0 aliphatic rings. The Morgan fingerprint density at radius 1 is 1.39 bits per heavy atom. The van der Waals surface area contributed by atoms with Crippen molar-refractivity contribution in [1.29, 1.82) is 0 Å². The molecule has 3 aromatic rings. The SMILES string of the molecule is Cn1c(Cc2csc(N)n2)nc2c(F)cccc21. The van der Waals surface area contributed by atoms with Gasteiger partial charge >= 0.3 is 0 Å². The fourth-order valence-corrected chi connectivity index (χ4v) is 2.52. The van der Waals surface area contributed by atoms with Gasteiger partial charge in [0.05, 0.1) is 11.2 Å². The number of imidazole rings is 1. The van der Waals surface area contributed by atoms with Gasteiger partial charge in [-0.2, -0.15) is 0 Å². The number of rotatable bonds is 2. The van der Waals surface area contributed by atoms with Gasteiger partial charge in [-0.05, 0) is 12.1 Å². The molecule has 2 aromatic heterocycles. The lowest BCUT2D eigenvalue weighted by molar-refractivity contribution is 0.637. The molecule has 1 aromatic carbocycles. The van der Waals surface area contributed by atoms with Gasteiger partial charge in [-0.1, -0.05) is 6.07 Å². The van der Waals surface area contributed by atoms with Gasteiger partial charge < -0.3 is 10.3 Å². The molecular formula is C12H11FN4S. The summed E-state index contributed by atoms with van der Waals surface area (Å²) in [6.07, 6.45) is 0.554. The van der Waals surface area contributed by atoms with E-state index in [0.717, 1.165) is 17.0 Å². The Bertz CT molecular complexity index is 716. The molecule has 0 amide bonds. The van der Waals surface area contributed by atoms with E-state index < -0.39 is 0 Å². The Labute approximate surface area is 107 Å². The van der Waals surface area contributed by atoms with Gasteiger partial charge in [-0.15, -0.1) is 11.3 Å². The number of nitrogen functional groups attached to an aromatic ring is 1. The van der Waals surface area contributed by atoms with Crippen LogP contribution in [0, 0.1) is 5.82 Å². The first kappa shape index (κ1) is 11.2. The molecule has 0 aliphatic carbocycles. The van der Waals surface area contributed by atoms with E-state index in [0.29, 0.717) is 17.1 Å². The molecule has 92 valence electrons. The summed E-state index contributed by atoms with van der Waals surface area (Å²) in [4.78, 5) is 8.52. The number of aryl methyl sites for hydroxylation is 1. The number of hydrogen-bond donors (Lipinski definition) is 1. The fourth-order valence-electron chi connectivity index (χ4n) is 1.95. The number of hydrogen-bond acceptors (Lipinski definition) is 4. The van der Waals surface area contributed by atoms with Crippen LogP contribution in [0.2, 0.25) is 0 Å². The van der Waals surface area contributed by atoms with Crippen molar-refractivity contribution in [2.75, 3.05) is 5.73 Å². The van der Waals surface area contributed by atoms with Crippen molar-refractivity contribution in [3.8, 4) is 0 Å². The number of thiazole rings is 1. The van der Waals surface area contributed by atoms with E-state index in [9.17, 15) is 4.39 Å². The van der Waals surface area contributed by atoms with Crippen molar-refractivity contribution in [3.05, 3.63) is 40.9 Å². The van der Waals surface area contributed by atoms with Gasteiger partial charge in [-0.3, -0.25) is 0 Å². The van der Waals surface area contributed by atoms with Crippen molar-refractivity contribution in [3.63, 3.8) is 0 Å². The molecule has 2 heterocycles. The lowest BCUT2D eigenvalue weighted by Gasteiger charge is -1.99. The van der Waals surface area contributed by atoms with Crippen molar-refractivity contribution < 1.29 is 4.39 Å². The molecule has 3 rings (SSSR count). The first-order valence-corrected chi connectivity index (χ1v) is 6.33. The summed E-state index contributed by atoms with van der Waals surface area (Å²) < 4.78 is 15.5. The summed E-state index contributed by atoms with van der Waals surface area (Å²) in [7, 11) is 1.87. The monoisotopic (exact) mass is 262 g/mol. The summed E-state index contributed by atoms with van der Waals surface area (Å²) in [5, 5.41) is 2.43.